The molecule has 0 N–H and O–H groups in total. The predicted octanol–water partition coefficient (Wildman–Crippen LogP) is 0.883. The molecule has 3 heterocycles. The van der Waals surface area contributed by atoms with E-state index in [1.165, 1.54) is 0 Å². The van der Waals surface area contributed by atoms with Crippen LogP contribution in [0.25, 0.3) is 0 Å². The molecule has 0 bridgehead atoms. The number of fused-ring (bicyclic) bond motifs is 1. The molecule has 0 radical (unpaired) electrons. The van der Waals surface area contributed by atoms with Crippen LogP contribution in [-0.2, 0) is 24.7 Å². The van der Waals surface area contributed by atoms with E-state index in [-0.39, 0.29) is 34.3 Å². The van der Waals surface area contributed by atoms with Gasteiger partial charge in [0.15, 0.2) is 15.7 Å². The Hall–Kier alpha value is -1.94. The van der Waals surface area contributed by atoms with Gasteiger partial charge in [-0.1, -0.05) is 12.1 Å². The van der Waals surface area contributed by atoms with Crippen LogP contribution in [-0.4, -0.2) is 75.6 Å². The minimum atomic E-state index is -3.70. The highest BCUT2D eigenvalue weighted by atomic mass is 32.2. The van der Waals surface area contributed by atoms with Crippen molar-refractivity contribution in [3.63, 3.8) is 0 Å². The summed E-state index contributed by atoms with van der Waals surface area (Å²) >= 11 is 0. The number of carbonyl (C=O) groups excluding carboxylic acids is 1. The number of amidine groups is 1. The maximum Gasteiger partial charge on any atom is 0.285 e. The zero-order valence-corrected chi connectivity index (χ0v) is 18.0. The number of benzene rings is 1. The van der Waals surface area contributed by atoms with Gasteiger partial charge in [-0.05, 0) is 38.3 Å². The third-order valence-corrected chi connectivity index (χ3v) is 9.03. The van der Waals surface area contributed by atoms with E-state index in [0.717, 1.165) is 6.42 Å². The number of rotatable bonds is 3. The summed E-state index contributed by atoms with van der Waals surface area (Å²) in [6, 6.07) is 6.48. The average Bonchev–Trinajstić information content (AvgIpc) is 3.19. The quantitative estimate of drug-likeness (QED) is 0.693. The first-order valence-corrected chi connectivity index (χ1v) is 13.2. The molecule has 4 rings (SSSR count). The molecule has 0 unspecified atom stereocenters. The Morgan fingerprint density at radius 3 is 2.66 bits per heavy atom. The van der Waals surface area contributed by atoms with Crippen LogP contribution in [0.1, 0.15) is 31.7 Å². The maximum atomic E-state index is 13.2. The van der Waals surface area contributed by atoms with Crippen LogP contribution in [0, 0.1) is 5.92 Å². The Labute approximate surface area is 171 Å². The summed E-state index contributed by atoms with van der Waals surface area (Å²) in [4.78, 5) is 17.0. The summed E-state index contributed by atoms with van der Waals surface area (Å²) in [6.07, 6.45) is 1.93. The van der Waals surface area contributed by atoms with Gasteiger partial charge in [-0.2, -0.15) is 8.42 Å². The highest BCUT2D eigenvalue weighted by molar-refractivity contribution is 7.91. The van der Waals surface area contributed by atoms with E-state index in [1.54, 1.807) is 29.2 Å². The van der Waals surface area contributed by atoms with Crippen molar-refractivity contribution in [1.29, 1.82) is 0 Å². The molecular weight excluding hydrogens is 414 g/mol. The van der Waals surface area contributed by atoms with Gasteiger partial charge in [-0.3, -0.25) is 4.79 Å². The summed E-state index contributed by atoms with van der Waals surface area (Å²) in [5.74, 6) is 0.217. The molecule has 29 heavy (non-hydrogen) atoms. The molecule has 10 heteroatoms. The first kappa shape index (κ1) is 20.3. The van der Waals surface area contributed by atoms with E-state index >= 15 is 0 Å². The molecule has 158 valence electrons. The fraction of sp³-hybridized carbons (Fsp3) is 0.579. The average molecular weight is 440 g/mol. The van der Waals surface area contributed by atoms with Gasteiger partial charge in [-0.25, -0.2) is 8.42 Å². The predicted molar refractivity (Wildman–Crippen MR) is 109 cm³/mol. The van der Waals surface area contributed by atoms with Crippen LogP contribution < -0.4 is 0 Å². The van der Waals surface area contributed by atoms with Crippen molar-refractivity contribution in [2.45, 2.75) is 37.1 Å². The molecule has 2 saturated heterocycles. The van der Waals surface area contributed by atoms with Crippen LogP contribution >= 0.6 is 0 Å². The van der Waals surface area contributed by atoms with E-state index in [4.69, 9.17) is 0 Å². The Bertz CT molecular complexity index is 1070. The molecule has 0 spiro atoms. The van der Waals surface area contributed by atoms with Crippen molar-refractivity contribution in [2.75, 3.05) is 31.1 Å². The fourth-order valence-electron chi connectivity index (χ4n) is 4.54. The van der Waals surface area contributed by atoms with Crippen LogP contribution in [0.15, 0.2) is 33.6 Å². The zero-order chi connectivity index (χ0) is 20.8. The lowest BCUT2D eigenvalue weighted by Gasteiger charge is -2.37. The van der Waals surface area contributed by atoms with Crippen molar-refractivity contribution >= 4 is 31.6 Å². The largest absolute Gasteiger partial charge is 0.355 e. The van der Waals surface area contributed by atoms with Crippen molar-refractivity contribution in [3.05, 3.63) is 29.8 Å². The molecule has 0 aliphatic carbocycles. The number of amides is 1. The van der Waals surface area contributed by atoms with Crippen molar-refractivity contribution < 1.29 is 21.6 Å². The number of nitrogens with zero attached hydrogens (tertiary/aromatic N) is 3. The van der Waals surface area contributed by atoms with Crippen molar-refractivity contribution in [3.8, 4) is 0 Å². The summed E-state index contributed by atoms with van der Waals surface area (Å²) in [7, 11) is -6.78. The van der Waals surface area contributed by atoms with E-state index in [0.29, 0.717) is 43.9 Å². The molecule has 1 amide bonds. The topological polar surface area (TPSA) is 104 Å². The molecule has 0 aromatic heterocycles. The Balaban J connectivity index is 1.54. The summed E-state index contributed by atoms with van der Waals surface area (Å²) in [5, 5.41) is 0. The lowest BCUT2D eigenvalue weighted by Crippen LogP contribution is -2.49. The molecule has 0 saturated carbocycles. The summed E-state index contributed by atoms with van der Waals surface area (Å²) in [5.41, 5.74) is 0.579. The number of likely N-dealkylation sites (tertiary alicyclic amines) is 1. The van der Waals surface area contributed by atoms with E-state index < -0.39 is 19.9 Å². The van der Waals surface area contributed by atoms with Gasteiger partial charge in [0.1, 0.15) is 4.90 Å². The second kappa shape index (κ2) is 7.39. The number of carbonyl (C=O) groups is 1. The van der Waals surface area contributed by atoms with Gasteiger partial charge >= 0.3 is 0 Å². The van der Waals surface area contributed by atoms with Crippen LogP contribution in [0.3, 0.4) is 0 Å². The highest BCUT2D eigenvalue weighted by Gasteiger charge is 2.39. The molecule has 2 fully saturated rings. The van der Waals surface area contributed by atoms with Gasteiger partial charge in [-0.15, -0.1) is 4.40 Å². The molecule has 3 aliphatic rings. The minimum Gasteiger partial charge on any atom is -0.355 e. The Morgan fingerprint density at radius 1 is 1.21 bits per heavy atom. The fourth-order valence-corrected chi connectivity index (χ4v) is 7.50. The molecule has 3 aliphatic heterocycles. The van der Waals surface area contributed by atoms with Crippen LogP contribution in [0.4, 0.5) is 0 Å². The first-order chi connectivity index (χ1) is 13.7. The maximum absolute atomic E-state index is 13.2. The SMILES string of the molecule is CCN(C(=O)[C@H]1CCCN(C2=NS(=O)(=O)c3ccccc32)C1)[C@H]1CCS(=O)(=O)C1. The molecular formula is C19H25N3O5S2. The van der Waals surface area contributed by atoms with Gasteiger partial charge < -0.3 is 9.80 Å². The monoisotopic (exact) mass is 439 g/mol. The van der Waals surface area contributed by atoms with E-state index in [9.17, 15) is 21.6 Å². The van der Waals surface area contributed by atoms with Crippen LogP contribution in [0.2, 0.25) is 0 Å². The summed E-state index contributed by atoms with van der Waals surface area (Å²) < 4.78 is 52.4. The number of hydrogen-bond acceptors (Lipinski definition) is 6. The molecule has 8 nitrogen and oxygen atoms in total. The summed E-state index contributed by atoms with van der Waals surface area (Å²) in [6.45, 7) is 3.36. The molecule has 1 aromatic rings. The van der Waals surface area contributed by atoms with Gasteiger partial charge in [0.25, 0.3) is 10.0 Å². The second-order valence-electron chi connectivity index (χ2n) is 7.85. The van der Waals surface area contributed by atoms with E-state index in [2.05, 4.69) is 4.40 Å². The van der Waals surface area contributed by atoms with Crippen LogP contribution in [0.5, 0.6) is 0 Å². The second-order valence-corrected chi connectivity index (χ2v) is 11.7. The third kappa shape index (κ3) is 3.79. The number of hydrogen-bond donors (Lipinski definition) is 0. The first-order valence-electron chi connectivity index (χ1n) is 9.92. The Kier molecular flexibility index (Phi) is 5.18. The minimum absolute atomic E-state index is 0.0291. The molecule has 2 atom stereocenters. The lowest BCUT2D eigenvalue weighted by molar-refractivity contribution is -0.138. The van der Waals surface area contributed by atoms with Gasteiger partial charge in [0, 0.05) is 31.2 Å². The Morgan fingerprint density at radius 2 is 1.97 bits per heavy atom. The third-order valence-electron chi connectivity index (χ3n) is 5.96. The smallest absolute Gasteiger partial charge is 0.285 e. The number of sulfonamides is 1. The van der Waals surface area contributed by atoms with Crippen molar-refractivity contribution in [1.82, 2.24) is 9.80 Å². The normalized spacial score (nSPS) is 27.3. The number of sulfone groups is 1. The lowest BCUT2D eigenvalue weighted by atomic mass is 9.95. The number of piperidine rings is 1. The van der Waals surface area contributed by atoms with Gasteiger partial charge in [0.05, 0.1) is 17.4 Å². The van der Waals surface area contributed by atoms with E-state index in [1.807, 2.05) is 11.8 Å². The van der Waals surface area contributed by atoms with Gasteiger partial charge in [0.2, 0.25) is 5.91 Å². The highest BCUT2D eigenvalue weighted by Crippen LogP contribution is 2.30. The standard InChI is InChI=1S/C19H25N3O5S2/c1-2-22(15-9-11-28(24,25)13-15)19(23)14-6-5-10-21(12-14)18-16-7-3-4-8-17(16)29(26,27)20-18/h3-4,7-8,14-15H,2,5-6,9-13H2,1H3/t14-,15-/m0/s1. The zero-order valence-electron chi connectivity index (χ0n) is 16.3. The molecule has 1 aromatic carbocycles. The van der Waals surface area contributed by atoms with Crippen molar-refractivity contribution in [2.24, 2.45) is 10.3 Å².